The maximum atomic E-state index is 12.8. The van der Waals surface area contributed by atoms with E-state index in [2.05, 4.69) is 68.5 Å². The Balaban J connectivity index is 1.23. The molecule has 2 aliphatic rings. The average Bonchev–Trinajstić information content (AvgIpc) is 2.84. The molecule has 0 radical (unpaired) electrons. The van der Waals surface area contributed by atoms with Crippen molar-refractivity contribution in [2.45, 2.75) is 32.1 Å². The molecule has 154 valence electrons. The van der Waals surface area contributed by atoms with Gasteiger partial charge in [-0.25, -0.2) is 0 Å². The normalized spacial score (nSPS) is 18.0. The number of aromatic nitrogens is 2. The first-order valence-electron chi connectivity index (χ1n) is 11.1. The van der Waals surface area contributed by atoms with E-state index in [9.17, 15) is 4.79 Å². The van der Waals surface area contributed by atoms with E-state index < -0.39 is 0 Å². The SMILES string of the molecule is O=C(C1CCCCC1)N1CCN(c2ccc(-c3ccc4ccccc4c3)nn2)CC1. The number of benzene rings is 2. The van der Waals surface area contributed by atoms with Crippen molar-refractivity contribution in [3.63, 3.8) is 0 Å². The standard InChI is InChI=1S/C25H28N4O/c30-25(20-7-2-1-3-8-20)29-16-14-28(15-17-29)24-13-12-23(26-27-24)22-11-10-19-6-4-5-9-21(19)18-22/h4-6,9-13,18,20H,1-3,7-8,14-17H2. The quantitative estimate of drug-likeness (QED) is 0.648. The first-order chi connectivity index (χ1) is 14.8. The maximum absolute atomic E-state index is 12.8. The molecule has 1 amide bonds. The molecular weight excluding hydrogens is 372 g/mol. The Morgan fingerprint density at radius 2 is 1.57 bits per heavy atom. The summed E-state index contributed by atoms with van der Waals surface area (Å²) in [7, 11) is 0. The zero-order chi connectivity index (χ0) is 20.3. The van der Waals surface area contributed by atoms with Gasteiger partial charge in [-0.05, 0) is 41.8 Å². The van der Waals surface area contributed by atoms with Crippen molar-refractivity contribution >= 4 is 22.5 Å². The minimum atomic E-state index is 0.256. The summed E-state index contributed by atoms with van der Waals surface area (Å²) in [4.78, 5) is 17.1. The second-order valence-electron chi connectivity index (χ2n) is 8.49. The average molecular weight is 401 g/mol. The number of rotatable bonds is 3. The zero-order valence-corrected chi connectivity index (χ0v) is 17.3. The fraction of sp³-hybridized carbons (Fsp3) is 0.400. The second kappa shape index (κ2) is 8.42. The smallest absolute Gasteiger partial charge is 0.225 e. The highest BCUT2D eigenvalue weighted by molar-refractivity contribution is 5.86. The van der Waals surface area contributed by atoms with Gasteiger partial charge >= 0.3 is 0 Å². The van der Waals surface area contributed by atoms with E-state index in [1.165, 1.54) is 30.0 Å². The van der Waals surface area contributed by atoms with Crippen molar-refractivity contribution in [2.75, 3.05) is 31.1 Å². The first-order valence-corrected chi connectivity index (χ1v) is 11.1. The van der Waals surface area contributed by atoms with Gasteiger partial charge < -0.3 is 9.80 Å². The van der Waals surface area contributed by atoms with E-state index in [4.69, 9.17) is 0 Å². The topological polar surface area (TPSA) is 49.3 Å². The summed E-state index contributed by atoms with van der Waals surface area (Å²) in [6.45, 7) is 3.21. The Morgan fingerprint density at radius 1 is 0.800 bits per heavy atom. The molecule has 0 bridgehead atoms. The van der Waals surface area contributed by atoms with Crippen LogP contribution < -0.4 is 4.90 Å². The van der Waals surface area contributed by atoms with Gasteiger partial charge in [0, 0.05) is 37.7 Å². The predicted molar refractivity (Wildman–Crippen MR) is 120 cm³/mol. The van der Waals surface area contributed by atoms with E-state index >= 15 is 0 Å². The van der Waals surface area contributed by atoms with E-state index in [1.54, 1.807) is 0 Å². The van der Waals surface area contributed by atoms with Crippen LogP contribution >= 0.6 is 0 Å². The molecule has 0 spiro atoms. The molecular formula is C25H28N4O. The largest absolute Gasteiger partial charge is 0.352 e. The number of amides is 1. The van der Waals surface area contributed by atoms with Crippen molar-refractivity contribution in [1.29, 1.82) is 0 Å². The van der Waals surface area contributed by atoms with Crippen LogP contribution in [0.2, 0.25) is 0 Å². The molecule has 2 aromatic carbocycles. The molecule has 2 heterocycles. The second-order valence-corrected chi connectivity index (χ2v) is 8.49. The van der Waals surface area contributed by atoms with Gasteiger partial charge in [-0.15, -0.1) is 10.2 Å². The molecule has 30 heavy (non-hydrogen) atoms. The van der Waals surface area contributed by atoms with Crippen LogP contribution in [0.5, 0.6) is 0 Å². The monoisotopic (exact) mass is 400 g/mol. The number of anilines is 1. The van der Waals surface area contributed by atoms with Gasteiger partial charge in [-0.3, -0.25) is 4.79 Å². The lowest BCUT2D eigenvalue weighted by Gasteiger charge is -2.37. The van der Waals surface area contributed by atoms with Crippen molar-refractivity contribution in [3.8, 4) is 11.3 Å². The van der Waals surface area contributed by atoms with Gasteiger partial charge in [0.1, 0.15) is 0 Å². The highest BCUT2D eigenvalue weighted by Crippen LogP contribution is 2.27. The minimum absolute atomic E-state index is 0.256. The maximum Gasteiger partial charge on any atom is 0.225 e. The predicted octanol–water partition coefficient (Wildman–Crippen LogP) is 4.53. The molecule has 3 aromatic rings. The summed E-state index contributed by atoms with van der Waals surface area (Å²) in [5, 5.41) is 11.4. The minimum Gasteiger partial charge on any atom is -0.352 e. The molecule has 0 atom stereocenters. The number of carbonyl (C=O) groups excluding carboxylic acids is 1. The lowest BCUT2D eigenvalue weighted by molar-refractivity contribution is -0.136. The molecule has 0 N–H and O–H groups in total. The summed E-state index contributed by atoms with van der Waals surface area (Å²) >= 11 is 0. The van der Waals surface area contributed by atoms with Crippen LogP contribution in [0.25, 0.3) is 22.0 Å². The summed E-state index contributed by atoms with van der Waals surface area (Å²) in [6.07, 6.45) is 5.83. The number of hydrogen-bond donors (Lipinski definition) is 0. The van der Waals surface area contributed by atoms with Gasteiger partial charge in [0.15, 0.2) is 5.82 Å². The fourth-order valence-corrected chi connectivity index (χ4v) is 4.76. The number of hydrogen-bond acceptors (Lipinski definition) is 4. The number of nitrogens with zero attached hydrogens (tertiary/aromatic N) is 4. The molecule has 1 aromatic heterocycles. The Labute approximate surface area is 177 Å². The molecule has 5 nitrogen and oxygen atoms in total. The number of piperazine rings is 1. The van der Waals surface area contributed by atoms with E-state index in [-0.39, 0.29) is 5.92 Å². The number of fused-ring (bicyclic) bond motifs is 1. The van der Waals surface area contributed by atoms with Crippen LogP contribution in [0.15, 0.2) is 54.6 Å². The third kappa shape index (κ3) is 3.89. The van der Waals surface area contributed by atoms with Gasteiger partial charge in [0.05, 0.1) is 5.69 Å². The van der Waals surface area contributed by atoms with Gasteiger partial charge in [-0.2, -0.15) is 0 Å². The third-order valence-corrected chi connectivity index (χ3v) is 6.57. The van der Waals surface area contributed by atoms with Gasteiger partial charge in [0.25, 0.3) is 0 Å². The van der Waals surface area contributed by atoms with Crippen molar-refractivity contribution in [1.82, 2.24) is 15.1 Å². The van der Waals surface area contributed by atoms with Crippen LogP contribution in [0, 0.1) is 5.92 Å². The van der Waals surface area contributed by atoms with Crippen molar-refractivity contribution in [2.24, 2.45) is 5.92 Å². The lowest BCUT2D eigenvalue weighted by Crippen LogP contribution is -2.50. The molecule has 1 saturated heterocycles. The van der Waals surface area contributed by atoms with Crippen LogP contribution in [0.3, 0.4) is 0 Å². The summed E-state index contributed by atoms with van der Waals surface area (Å²) in [5.41, 5.74) is 1.96. The summed E-state index contributed by atoms with van der Waals surface area (Å²) < 4.78 is 0. The van der Waals surface area contributed by atoms with E-state index in [0.29, 0.717) is 5.91 Å². The first kappa shape index (κ1) is 19.0. The lowest BCUT2D eigenvalue weighted by atomic mass is 9.88. The van der Waals surface area contributed by atoms with Crippen LogP contribution in [-0.2, 0) is 4.79 Å². The molecule has 1 aliphatic heterocycles. The highest BCUT2D eigenvalue weighted by Gasteiger charge is 2.28. The van der Waals surface area contributed by atoms with Gasteiger partial charge in [0.2, 0.25) is 5.91 Å². The van der Waals surface area contributed by atoms with E-state index in [1.807, 2.05) is 6.07 Å². The Hall–Kier alpha value is -2.95. The van der Waals surface area contributed by atoms with E-state index in [0.717, 1.165) is 56.1 Å². The Kier molecular flexibility index (Phi) is 5.35. The van der Waals surface area contributed by atoms with Gasteiger partial charge in [-0.1, -0.05) is 55.7 Å². The molecule has 2 fully saturated rings. The molecule has 5 rings (SSSR count). The Morgan fingerprint density at radius 3 is 2.30 bits per heavy atom. The summed E-state index contributed by atoms with van der Waals surface area (Å²) in [6, 6.07) is 18.8. The molecule has 1 aliphatic carbocycles. The van der Waals surface area contributed by atoms with Crippen LogP contribution in [0.4, 0.5) is 5.82 Å². The molecule has 5 heteroatoms. The molecule has 0 unspecified atom stereocenters. The van der Waals surface area contributed by atoms with Crippen LogP contribution in [0.1, 0.15) is 32.1 Å². The zero-order valence-electron chi connectivity index (χ0n) is 17.3. The summed E-state index contributed by atoms with van der Waals surface area (Å²) in [5.74, 6) is 1.52. The fourth-order valence-electron chi connectivity index (χ4n) is 4.76. The number of carbonyl (C=O) groups is 1. The highest BCUT2D eigenvalue weighted by atomic mass is 16.2. The third-order valence-electron chi connectivity index (χ3n) is 6.57. The Bertz CT molecular complexity index is 1020. The van der Waals surface area contributed by atoms with Crippen LogP contribution in [-0.4, -0.2) is 47.2 Å². The van der Waals surface area contributed by atoms with Crippen molar-refractivity contribution in [3.05, 3.63) is 54.6 Å². The molecule has 1 saturated carbocycles. The van der Waals surface area contributed by atoms with Crippen molar-refractivity contribution < 1.29 is 4.79 Å².